The lowest BCUT2D eigenvalue weighted by atomic mass is 10.1. The molecule has 0 aliphatic rings. The van der Waals surface area contributed by atoms with Crippen LogP contribution in [0.3, 0.4) is 0 Å². The second-order valence-corrected chi connectivity index (χ2v) is 6.41. The van der Waals surface area contributed by atoms with Crippen molar-refractivity contribution in [1.82, 2.24) is 5.32 Å². The third kappa shape index (κ3) is 9.19. The third-order valence-electron chi connectivity index (χ3n) is 2.71. The van der Waals surface area contributed by atoms with Crippen molar-refractivity contribution in [2.45, 2.75) is 20.3 Å². The number of alkyl halides is 1. The van der Waals surface area contributed by atoms with Gasteiger partial charge in [0.2, 0.25) is 0 Å². The Morgan fingerprint density at radius 1 is 1.50 bits per heavy atom. The molecule has 0 radical (unpaired) electrons. The summed E-state index contributed by atoms with van der Waals surface area (Å²) in [7, 11) is 0. The summed E-state index contributed by atoms with van der Waals surface area (Å²) in [5, 5.41) is 10.4. The molecule has 0 fully saturated rings. The Bertz CT molecular complexity index is 355. The van der Waals surface area contributed by atoms with E-state index in [-0.39, 0.29) is 20.7 Å². The fraction of sp³-hybridized carbons (Fsp3) is 0.643. The van der Waals surface area contributed by atoms with Crippen LogP contribution in [-0.4, -0.2) is 46.9 Å². The highest BCUT2D eigenvalue weighted by Gasteiger charge is 2.08. The molecule has 0 rings (SSSR count). The number of amidine groups is 2. The lowest BCUT2D eigenvalue weighted by Gasteiger charge is -2.11. The van der Waals surface area contributed by atoms with E-state index < -0.39 is 0 Å². The first kappa shape index (κ1) is 19.2. The molecule has 5 nitrogen and oxygen atoms in total. The average Bonchev–Trinajstić information content (AvgIpc) is 2.42. The van der Waals surface area contributed by atoms with Crippen molar-refractivity contribution in [3.63, 3.8) is 0 Å². The SMILES string of the molecule is C=ICC(CC)C(N)=NCCOCCNC(=N)C(=C)C. The number of nitrogens with two attached hydrogens (primary N) is 1. The fourth-order valence-electron chi connectivity index (χ4n) is 1.40. The van der Waals surface area contributed by atoms with Crippen LogP contribution in [0, 0.1) is 11.3 Å². The smallest absolute Gasteiger partial charge is 0.120 e. The molecule has 0 saturated carbocycles. The first-order valence-corrected chi connectivity index (χ1v) is 9.76. The maximum Gasteiger partial charge on any atom is 0.120 e. The Balaban J connectivity index is 3.72. The van der Waals surface area contributed by atoms with E-state index in [2.05, 4.69) is 28.3 Å². The molecule has 0 aromatic carbocycles. The lowest BCUT2D eigenvalue weighted by molar-refractivity contribution is 0.146. The molecule has 0 aromatic heterocycles. The molecule has 0 aromatic rings. The topological polar surface area (TPSA) is 83.5 Å². The summed E-state index contributed by atoms with van der Waals surface area (Å²) < 4.78 is 10.5. The standard InChI is InChI=1S/C14H27IN4O/c1-5-12(10-15-4)14(17)19-7-9-20-8-6-18-13(16)11(2)3/h12H,2,4-10H2,1,3H3,(H2,16,18)(H2,17,19). The molecule has 0 heterocycles. The molecule has 20 heavy (non-hydrogen) atoms. The lowest BCUT2D eigenvalue weighted by Crippen LogP contribution is -2.27. The molecule has 0 saturated heterocycles. The number of aliphatic imine (C=N–C) groups is 1. The van der Waals surface area contributed by atoms with E-state index in [9.17, 15) is 0 Å². The van der Waals surface area contributed by atoms with Crippen LogP contribution >= 0.6 is 20.7 Å². The minimum atomic E-state index is 0.00954. The molecular formula is C14H27IN4O. The molecule has 0 bridgehead atoms. The molecule has 0 aliphatic carbocycles. The summed E-state index contributed by atoms with van der Waals surface area (Å²) in [5.41, 5.74) is 6.69. The van der Waals surface area contributed by atoms with Crippen molar-refractivity contribution >= 4 is 36.9 Å². The molecule has 1 unspecified atom stereocenters. The zero-order valence-corrected chi connectivity index (χ0v) is 14.7. The molecule has 4 N–H and O–H groups in total. The zero-order valence-electron chi connectivity index (χ0n) is 12.5. The average molecular weight is 394 g/mol. The van der Waals surface area contributed by atoms with E-state index in [0.29, 0.717) is 38.1 Å². The van der Waals surface area contributed by atoms with Crippen LogP contribution in [0.4, 0.5) is 0 Å². The number of ether oxygens (including phenoxy) is 1. The number of nitrogens with zero attached hydrogens (tertiary/aromatic N) is 1. The number of hydrogen-bond donors (Lipinski definition) is 3. The van der Waals surface area contributed by atoms with Gasteiger partial charge >= 0.3 is 0 Å². The second-order valence-electron chi connectivity index (χ2n) is 4.45. The van der Waals surface area contributed by atoms with Gasteiger partial charge in [-0.25, -0.2) is 0 Å². The summed E-state index contributed by atoms with van der Waals surface area (Å²) >= 11 is 0.00954. The molecule has 116 valence electrons. The first-order valence-electron chi connectivity index (χ1n) is 6.71. The molecule has 0 aliphatic heterocycles. The highest BCUT2D eigenvalue weighted by atomic mass is 127. The van der Waals surface area contributed by atoms with Crippen LogP contribution in [0.1, 0.15) is 20.3 Å². The number of rotatable bonds is 11. The van der Waals surface area contributed by atoms with Gasteiger partial charge in [0.1, 0.15) is 5.84 Å². The van der Waals surface area contributed by atoms with Gasteiger partial charge in [-0.3, -0.25) is 10.4 Å². The largest absolute Gasteiger partial charge is 0.387 e. The Morgan fingerprint density at radius 3 is 2.75 bits per heavy atom. The fourth-order valence-corrected chi connectivity index (χ4v) is 3.22. The molecule has 0 spiro atoms. The highest BCUT2D eigenvalue weighted by Crippen LogP contribution is 2.09. The van der Waals surface area contributed by atoms with Gasteiger partial charge in [-0.1, -0.05) is 18.0 Å². The summed E-state index contributed by atoms with van der Waals surface area (Å²) in [6, 6.07) is 0. The summed E-state index contributed by atoms with van der Waals surface area (Å²) in [6.07, 6.45) is 1.03. The van der Waals surface area contributed by atoms with Crippen LogP contribution in [0.15, 0.2) is 17.1 Å². The number of halogens is 1. The van der Waals surface area contributed by atoms with Gasteiger partial charge in [0, 0.05) is 16.9 Å². The number of hydrogen-bond acceptors (Lipinski definition) is 3. The Hall–Kier alpha value is -0.760. The van der Waals surface area contributed by atoms with Crippen molar-refractivity contribution in [3.05, 3.63) is 12.2 Å². The van der Waals surface area contributed by atoms with Crippen LogP contribution in [0.25, 0.3) is 0 Å². The Kier molecular flexibility index (Phi) is 11.6. The maximum atomic E-state index is 7.52. The van der Waals surface area contributed by atoms with E-state index in [1.54, 1.807) is 6.92 Å². The molecular weight excluding hydrogens is 367 g/mol. The van der Waals surface area contributed by atoms with Gasteiger partial charge in [0.15, 0.2) is 0 Å². The van der Waals surface area contributed by atoms with Crippen molar-refractivity contribution < 1.29 is 4.74 Å². The number of nitrogens with one attached hydrogen (secondary N) is 2. The quantitative estimate of drug-likeness (QED) is 0.165. The monoisotopic (exact) mass is 394 g/mol. The van der Waals surface area contributed by atoms with Gasteiger partial charge in [-0.15, -0.1) is 20.7 Å². The predicted molar refractivity (Wildman–Crippen MR) is 97.6 cm³/mol. The van der Waals surface area contributed by atoms with Crippen LogP contribution in [0.2, 0.25) is 0 Å². The van der Waals surface area contributed by atoms with Crippen molar-refractivity contribution in [3.8, 4) is 0 Å². The Morgan fingerprint density at radius 2 is 2.20 bits per heavy atom. The summed E-state index contributed by atoms with van der Waals surface area (Å²) in [6.45, 7) is 9.91. The van der Waals surface area contributed by atoms with Crippen molar-refractivity contribution in [2.75, 3.05) is 30.7 Å². The zero-order chi connectivity index (χ0) is 15.4. The van der Waals surface area contributed by atoms with Crippen LogP contribution in [-0.2, 0) is 4.74 Å². The van der Waals surface area contributed by atoms with Gasteiger partial charge < -0.3 is 15.8 Å². The Labute approximate surface area is 132 Å². The molecule has 1 atom stereocenters. The molecule has 6 heteroatoms. The van der Waals surface area contributed by atoms with Gasteiger partial charge in [-0.2, -0.15) is 0 Å². The summed E-state index contributed by atoms with van der Waals surface area (Å²) in [5.74, 6) is 1.48. The highest BCUT2D eigenvalue weighted by molar-refractivity contribution is 14.2. The summed E-state index contributed by atoms with van der Waals surface area (Å²) in [4.78, 5) is 4.36. The second kappa shape index (κ2) is 12.0. The van der Waals surface area contributed by atoms with E-state index >= 15 is 0 Å². The maximum absolute atomic E-state index is 7.52. The van der Waals surface area contributed by atoms with E-state index in [0.717, 1.165) is 22.3 Å². The van der Waals surface area contributed by atoms with Crippen LogP contribution < -0.4 is 11.1 Å². The minimum absolute atomic E-state index is 0.00954. The van der Waals surface area contributed by atoms with Crippen LogP contribution in [0.5, 0.6) is 0 Å². The van der Waals surface area contributed by atoms with Gasteiger partial charge in [0.25, 0.3) is 0 Å². The van der Waals surface area contributed by atoms with Gasteiger partial charge in [0.05, 0.1) is 25.6 Å². The van der Waals surface area contributed by atoms with E-state index in [1.807, 2.05) is 0 Å². The first-order chi connectivity index (χ1) is 9.52. The van der Waals surface area contributed by atoms with Crippen molar-refractivity contribution in [1.29, 1.82) is 5.41 Å². The van der Waals surface area contributed by atoms with E-state index in [4.69, 9.17) is 15.9 Å². The third-order valence-corrected chi connectivity index (χ3v) is 4.40. The van der Waals surface area contributed by atoms with E-state index in [1.165, 1.54) is 0 Å². The minimum Gasteiger partial charge on any atom is -0.387 e. The van der Waals surface area contributed by atoms with Gasteiger partial charge in [-0.05, 0) is 18.9 Å². The normalized spacial score (nSPS) is 13.0. The predicted octanol–water partition coefficient (Wildman–Crippen LogP) is 1.93. The molecule has 0 amide bonds. The van der Waals surface area contributed by atoms with Crippen molar-refractivity contribution in [2.24, 2.45) is 16.6 Å².